The molecule has 1 aliphatic rings. The van der Waals surface area contributed by atoms with E-state index in [0.717, 1.165) is 6.61 Å². The van der Waals surface area contributed by atoms with Crippen LogP contribution in [-0.2, 0) is 9.53 Å². The highest BCUT2D eigenvalue weighted by Crippen LogP contribution is 2.35. The minimum Gasteiger partial charge on any atom is -0.380 e. The number of carbonyl (C=O) groups is 1. The van der Waals surface area contributed by atoms with E-state index in [-0.39, 0.29) is 17.3 Å². The van der Waals surface area contributed by atoms with Crippen molar-refractivity contribution in [1.82, 2.24) is 0 Å². The van der Waals surface area contributed by atoms with Crippen molar-refractivity contribution < 1.29 is 9.53 Å². The van der Waals surface area contributed by atoms with Gasteiger partial charge in [0, 0.05) is 17.3 Å². The number of ketones is 1. The molecule has 0 saturated carbocycles. The van der Waals surface area contributed by atoms with Crippen LogP contribution in [0.5, 0.6) is 0 Å². The molecule has 1 aliphatic heterocycles. The molecule has 0 aromatic carbocycles. The summed E-state index contributed by atoms with van der Waals surface area (Å²) in [5, 5.41) is 0. The Labute approximate surface area is 74.3 Å². The SMILES string of the molecule is CC(C)C(=O)C1COCC1(C)C. The molecule has 0 spiro atoms. The lowest BCUT2D eigenvalue weighted by Crippen LogP contribution is -2.32. The Morgan fingerprint density at radius 2 is 2.08 bits per heavy atom. The first kappa shape index (κ1) is 9.72. The summed E-state index contributed by atoms with van der Waals surface area (Å²) in [4.78, 5) is 11.7. The molecular formula is C10H18O2. The Balaban J connectivity index is 2.69. The van der Waals surface area contributed by atoms with Gasteiger partial charge in [-0.3, -0.25) is 4.79 Å². The fraction of sp³-hybridized carbons (Fsp3) is 0.900. The average Bonchev–Trinajstić information content (AvgIpc) is 2.27. The van der Waals surface area contributed by atoms with E-state index in [1.165, 1.54) is 0 Å². The molecule has 1 saturated heterocycles. The van der Waals surface area contributed by atoms with Crippen LogP contribution in [0.15, 0.2) is 0 Å². The minimum atomic E-state index is 0.0430. The third kappa shape index (κ3) is 1.69. The van der Waals surface area contributed by atoms with E-state index >= 15 is 0 Å². The van der Waals surface area contributed by atoms with E-state index in [4.69, 9.17) is 4.74 Å². The van der Waals surface area contributed by atoms with Crippen LogP contribution in [0, 0.1) is 17.3 Å². The Bertz CT molecular complexity index is 182. The second-order valence-corrected chi connectivity index (χ2v) is 4.61. The largest absolute Gasteiger partial charge is 0.380 e. The number of rotatable bonds is 2. The second-order valence-electron chi connectivity index (χ2n) is 4.61. The molecule has 0 N–H and O–H groups in total. The third-order valence-electron chi connectivity index (χ3n) is 2.61. The monoisotopic (exact) mass is 170 g/mol. The fourth-order valence-corrected chi connectivity index (χ4v) is 1.64. The van der Waals surface area contributed by atoms with E-state index in [0.29, 0.717) is 12.4 Å². The van der Waals surface area contributed by atoms with Crippen molar-refractivity contribution in [3.63, 3.8) is 0 Å². The van der Waals surface area contributed by atoms with Crippen molar-refractivity contribution in [3.05, 3.63) is 0 Å². The maximum atomic E-state index is 11.7. The van der Waals surface area contributed by atoms with Crippen LogP contribution in [-0.4, -0.2) is 19.0 Å². The van der Waals surface area contributed by atoms with Gasteiger partial charge in [-0.2, -0.15) is 0 Å². The summed E-state index contributed by atoms with van der Waals surface area (Å²) in [6, 6.07) is 0. The van der Waals surface area contributed by atoms with Crippen LogP contribution in [0.1, 0.15) is 27.7 Å². The molecule has 0 aliphatic carbocycles. The standard InChI is InChI=1S/C10H18O2/c1-7(2)9(11)8-5-12-6-10(8,3)4/h7-8H,5-6H2,1-4H3. The Hall–Kier alpha value is -0.370. The molecule has 0 bridgehead atoms. The molecule has 1 unspecified atom stereocenters. The van der Waals surface area contributed by atoms with Crippen LogP contribution in [0.3, 0.4) is 0 Å². The van der Waals surface area contributed by atoms with Crippen molar-refractivity contribution in [2.45, 2.75) is 27.7 Å². The van der Waals surface area contributed by atoms with Crippen LogP contribution in [0.25, 0.3) is 0 Å². The zero-order chi connectivity index (χ0) is 9.35. The van der Waals surface area contributed by atoms with Crippen molar-refractivity contribution in [2.75, 3.05) is 13.2 Å². The topological polar surface area (TPSA) is 26.3 Å². The first-order valence-corrected chi connectivity index (χ1v) is 4.56. The van der Waals surface area contributed by atoms with Gasteiger partial charge in [0.2, 0.25) is 0 Å². The van der Waals surface area contributed by atoms with Crippen molar-refractivity contribution in [1.29, 1.82) is 0 Å². The van der Waals surface area contributed by atoms with E-state index < -0.39 is 0 Å². The van der Waals surface area contributed by atoms with Crippen molar-refractivity contribution >= 4 is 5.78 Å². The number of ether oxygens (including phenoxy) is 1. The van der Waals surface area contributed by atoms with E-state index in [1.807, 2.05) is 13.8 Å². The van der Waals surface area contributed by atoms with Gasteiger partial charge in [0.15, 0.2) is 0 Å². The summed E-state index contributed by atoms with van der Waals surface area (Å²) in [6.07, 6.45) is 0. The molecule has 2 nitrogen and oxygen atoms in total. The van der Waals surface area contributed by atoms with Crippen LogP contribution in [0.4, 0.5) is 0 Å². The lowest BCUT2D eigenvalue weighted by Gasteiger charge is -2.24. The normalized spacial score (nSPS) is 27.9. The molecule has 0 radical (unpaired) electrons. The van der Waals surface area contributed by atoms with Gasteiger partial charge in [0.05, 0.1) is 13.2 Å². The summed E-state index contributed by atoms with van der Waals surface area (Å²) < 4.78 is 5.32. The second kappa shape index (κ2) is 3.17. The van der Waals surface area contributed by atoms with Gasteiger partial charge in [-0.1, -0.05) is 27.7 Å². The molecule has 1 rings (SSSR count). The lowest BCUT2D eigenvalue weighted by atomic mass is 9.77. The van der Waals surface area contributed by atoms with Gasteiger partial charge in [0.1, 0.15) is 5.78 Å². The minimum absolute atomic E-state index is 0.0430. The van der Waals surface area contributed by atoms with Crippen molar-refractivity contribution in [2.24, 2.45) is 17.3 Å². The summed E-state index contributed by atoms with van der Waals surface area (Å²) in [5.41, 5.74) is 0.0430. The van der Waals surface area contributed by atoms with Gasteiger partial charge >= 0.3 is 0 Å². The zero-order valence-electron chi connectivity index (χ0n) is 8.39. The highest BCUT2D eigenvalue weighted by Gasteiger charge is 2.40. The average molecular weight is 170 g/mol. The van der Waals surface area contributed by atoms with Gasteiger partial charge in [-0.25, -0.2) is 0 Å². The molecule has 1 heterocycles. The summed E-state index contributed by atoms with van der Waals surface area (Å²) in [6.45, 7) is 9.45. The Kier molecular flexibility index (Phi) is 2.57. The molecule has 1 fully saturated rings. The van der Waals surface area contributed by atoms with Crippen LogP contribution in [0.2, 0.25) is 0 Å². The maximum absolute atomic E-state index is 11.7. The predicted octanol–water partition coefficient (Wildman–Crippen LogP) is 1.88. The number of hydrogen-bond donors (Lipinski definition) is 0. The Morgan fingerprint density at radius 3 is 2.42 bits per heavy atom. The number of carbonyl (C=O) groups excluding carboxylic acids is 1. The summed E-state index contributed by atoms with van der Waals surface area (Å²) in [5.74, 6) is 0.589. The third-order valence-corrected chi connectivity index (χ3v) is 2.61. The van der Waals surface area contributed by atoms with E-state index in [2.05, 4.69) is 13.8 Å². The van der Waals surface area contributed by atoms with Gasteiger partial charge < -0.3 is 4.74 Å². The highest BCUT2D eigenvalue weighted by molar-refractivity contribution is 5.83. The number of Topliss-reactive ketones (excluding diaryl/α,β-unsaturated/α-hetero) is 1. The van der Waals surface area contributed by atoms with Crippen LogP contribution < -0.4 is 0 Å². The molecule has 2 heteroatoms. The molecule has 0 aromatic heterocycles. The first-order chi connectivity index (χ1) is 5.45. The van der Waals surface area contributed by atoms with Gasteiger partial charge in [-0.05, 0) is 0 Å². The molecule has 0 amide bonds. The van der Waals surface area contributed by atoms with Crippen LogP contribution >= 0.6 is 0 Å². The highest BCUT2D eigenvalue weighted by atomic mass is 16.5. The molecule has 70 valence electrons. The lowest BCUT2D eigenvalue weighted by molar-refractivity contribution is -0.128. The van der Waals surface area contributed by atoms with Gasteiger partial charge in [-0.15, -0.1) is 0 Å². The van der Waals surface area contributed by atoms with E-state index in [1.54, 1.807) is 0 Å². The quantitative estimate of drug-likeness (QED) is 0.632. The predicted molar refractivity (Wildman–Crippen MR) is 47.9 cm³/mol. The Morgan fingerprint density at radius 1 is 1.50 bits per heavy atom. The van der Waals surface area contributed by atoms with E-state index in [9.17, 15) is 4.79 Å². The first-order valence-electron chi connectivity index (χ1n) is 4.56. The summed E-state index contributed by atoms with van der Waals surface area (Å²) >= 11 is 0. The number of hydrogen-bond acceptors (Lipinski definition) is 2. The van der Waals surface area contributed by atoms with Gasteiger partial charge in [0.25, 0.3) is 0 Å². The molecule has 0 aromatic rings. The van der Waals surface area contributed by atoms with Crippen molar-refractivity contribution in [3.8, 4) is 0 Å². The fourth-order valence-electron chi connectivity index (χ4n) is 1.64. The molecular weight excluding hydrogens is 152 g/mol. The molecule has 12 heavy (non-hydrogen) atoms. The maximum Gasteiger partial charge on any atom is 0.141 e. The smallest absolute Gasteiger partial charge is 0.141 e. The summed E-state index contributed by atoms with van der Waals surface area (Å²) in [7, 11) is 0. The molecule has 1 atom stereocenters. The zero-order valence-corrected chi connectivity index (χ0v) is 8.39.